The van der Waals surface area contributed by atoms with Crippen molar-refractivity contribution >= 4 is 11.9 Å². The molecule has 0 heterocycles. The first-order valence-electron chi connectivity index (χ1n) is 10.1. The Kier molecular flexibility index (Phi) is 5.60. The van der Waals surface area contributed by atoms with Crippen molar-refractivity contribution in [2.75, 3.05) is 0 Å². The Bertz CT molecular complexity index is 851. The van der Waals surface area contributed by atoms with Crippen molar-refractivity contribution in [1.82, 2.24) is 0 Å². The van der Waals surface area contributed by atoms with Crippen LogP contribution in [-0.4, -0.2) is 10.9 Å². The van der Waals surface area contributed by atoms with Crippen LogP contribution in [0.2, 0.25) is 0 Å². The van der Waals surface area contributed by atoms with Crippen LogP contribution in [-0.2, 0) is 15.6 Å². The Hall–Kier alpha value is -2.09. The lowest BCUT2D eigenvalue weighted by atomic mass is 9.77. The van der Waals surface area contributed by atoms with Crippen LogP contribution in [0.5, 0.6) is 5.75 Å². The van der Waals surface area contributed by atoms with E-state index in [4.69, 9.17) is 0 Å². The van der Waals surface area contributed by atoms with E-state index < -0.39 is 0 Å². The number of hydrogen-bond acceptors (Lipinski definition) is 2. The average molecular weight is 381 g/mol. The number of allylic oxidation sites excluding steroid dienone is 5. The summed E-state index contributed by atoms with van der Waals surface area (Å²) in [6, 6.07) is 4.14. The minimum atomic E-state index is -0.201. The minimum absolute atomic E-state index is 0.126. The van der Waals surface area contributed by atoms with Crippen molar-refractivity contribution in [2.45, 2.75) is 80.1 Å². The van der Waals surface area contributed by atoms with Gasteiger partial charge in [-0.1, -0.05) is 62.3 Å². The smallest absolute Gasteiger partial charge is 0.185 e. The molecule has 152 valence electrons. The van der Waals surface area contributed by atoms with E-state index in [-0.39, 0.29) is 22.0 Å². The van der Waals surface area contributed by atoms with Gasteiger partial charge in [0.2, 0.25) is 0 Å². The predicted octanol–water partition coefficient (Wildman–Crippen LogP) is 6.87. The standard InChI is InChI=1S/C26H36O2/c1-16-11-17(13-19(22(16)27)24(2,3)4)12-18-14-20(25(5,6)7)23(28)21(15-18)26(8,9)10/h11-15,28H,1-10H3. The molecular weight excluding hydrogens is 344 g/mol. The third-order valence-electron chi connectivity index (χ3n) is 5.19. The molecule has 0 aliphatic heterocycles. The lowest BCUT2D eigenvalue weighted by Gasteiger charge is -2.28. The van der Waals surface area contributed by atoms with Crippen molar-refractivity contribution in [3.05, 3.63) is 57.7 Å². The second kappa shape index (κ2) is 7.06. The number of aromatic hydroxyl groups is 1. The van der Waals surface area contributed by atoms with Gasteiger partial charge in [-0.3, -0.25) is 4.79 Å². The molecule has 0 atom stereocenters. The molecular formula is C26H36O2. The van der Waals surface area contributed by atoms with Crippen molar-refractivity contribution in [3.63, 3.8) is 0 Å². The number of phenolic OH excluding ortho intramolecular Hbond substituents is 1. The first kappa shape index (κ1) is 22.2. The molecule has 28 heavy (non-hydrogen) atoms. The molecule has 0 saturated heterocycles. The Labute approximate surface area is 171 Å². The fourth-order valence-corrected chi connectivity index (χ4v) is 3.52. The van der Waals surface area contributed by atoms with Crippen LogP contribution >= 0.6 is 0 Å². The number of phenols is 1. The number of benzene rings is 1. The maximum atomic E-state index is 12.6. The van der Waals surface area contributed by atoms with Crippen LogP contribution in [0.4, 0.5) is 0 Å². The van der Waals surface area contributed by atoms with E-state index >= 15 is 0 Å². The van der Waals surface area contributed by atoms with Crippen LogP contribution in [0.1, 0.15) is 85.9 Å². The monoisotopic (exact) mass is 380 g/mol. The summed E-state index contributed by atoms with van der Waals surface area (Å²) in [4.78, 5) is 12.6. The highest BCUT2D eigenvalue weighted by Crippen LogP contribution is 2.40. The van der Waals surface area contributed by atoms with E-state index in [2.05, 4.69) is 80.5 Å². The van der Waals surface area contributed by atoms with E-state index in [0.29, 0.717) is 5.75 Å². The van der Waals surface area contributed by atoms with Crippen LogP contribution in [0.15, 0.2) is 41.0 Å². The van der Waals surface area contributed by atoms with Crippen molar-refractivity contribution in [2.24, 2.45) is 5.41 Å². The molecule has 2 heteroatoms. The predicted molar refractivity (Wildman–Crippen MR) is 120 cm³/mol. The van der Waals surface area contributed by atoms with Gasteiger partial charge < -0.3 is 5.11 Å². The van der Waals surface area contributed by atoms with Gasteiger partial charge in [-0.2, -0.15) is 0 Å². The highest BCUT2D eigenvalue weighted by molar-refractivity contribution is 6.11. The normalized spacial score (nSPS) is 17.6. The Morgan fingerprint density at radius 1 is 0.786 bits per heavy atom. The summed E-state index contributed by atoms with van der Waals surface area (Å²) in [5.41, 5.74) is 5.03. The van der Waals surface area contributed by atoms with Gasteiger partial charge in [0.25, 0.3) is 0 Å². The Morgan fingerprint density at radius 2 is 1.25 bits per heavy atom. The molecule has 1 aliphatic rings. The lowest BCUT2D eigenvalue weighted by Crippen LogP contribution is -2.21. The number of rotatable bonds is 1. The van der Waals surface area contributed by atoms with Crippen molar-refractivity contribution in [1.29, 1.82) is 0 Å². The van der Waals surface area contributed by atoms with Gasteiger partial charge in [0, 0.05) is 16.7 Å². The lowest BCUT2D eigenvalue weighted by molar-refractivity contribution is -0.113. The number of carbonyl (C=O) groups excluding carboxylic acids is 1. The molecule has 0 saturated carbocycles. The molecule has 2 nitrogen and oxygen atoms in total. The number of carbonyl (C=O) groups is 1. The molecule has 2 rings (SSSR count). The maximum absolute atomic E-state index is 12.6. The first-order valence-corrected chi connectivity index (χ1v) is 10.1. The second-order valence-electron chi connectivity index (χ2n) is 11.1. The van der Waals surface area contributed by atoms with Crippen LogP contribution in [0, 0.1) is 5.41 Å². The molecule has 0 fully saturated rings. The van der Waals surface area contributed by atoms with E-state index in [9.17, 15) is 9.90 Å². The molecule has 0 amide bonds. The van der Waals surface area contributed by atoms with Crippen LogP contribution in [0.3, 0.4) is 0 Å². The number of ketones is 1. The quantitative estimate of drug-likeness (QED) is 0.577. The average Bonchev–Trinajstić information content (AvgIpc) is 2.48. The maximum Gasteiger partial charge on any atom is 0.185 e. The zero-order chi connectivity index (χ0) is 21.7. The minimum Gasteiger partial charge on any atom is -0.507 e. The fraction of sp³-hybridized carbons (Fsp3) is 0.500. The van der Waals surface area contributed by atoms with E-state index in [1.165, 1.54) is 0 Å². The summed E-state index contributed by atoms with van der Waals surface area (Å²) in [5.74, 6) is 0.514. The summed E-state index contributed by atoms with van der Waals surface area (Å²) in [5, 5.41) is 10.9. The van der Waals surface area contributed by atoms with E-state index in [1.807, 2.05) is 19.1 Å². The highest BCUT2D eigenvalue weighted by atomic mass is 16.3. The summed E-state index contributed by atoms with van der Waals surface area (Å²) >= 11 is 0. The van der Waals surface area contributed by atoms with E-state index in [1.54, 1.807) is 0 Å². The SMILES string of the molecule is CC1=CC(=Cc2cc(C(C)(C)C)c(O)c(C(C)(C)C)c2)C=C(C(C)(C)C)C1=O. The molecule has 1 N–H and O–H groups in total. The fourth-order valence-electron chi connectivity index (χ4n) is 3.52. The van der Waals surface area contributed by atoms with Crippen molar-refractivity contribution in [3.8, 4) is 5.75 Å². The third-order valence-corrected chi connectivity index (χ3v) is 5.19. The molecule has 1 aromatic carbocycles. The first-order chi connectivity index (χ1) is 12.5. The summed E-state index contributed by atoms with van der Waals surface area (Å²) in [7, 11) is 0. The molecule has 0 spiro atoms. The molecule has 1 aliphatic carbocycles. The summed E-state index contributed by atoms with van der Waals surface area (Å²) in [6.07, 6.45) is 6.08. The Balaban J connectivity index is 2.71. The largest absolute Gasteiger partial charge is 0.507 e. The summed E-state index contributed by atoms with van der Waals surface area (Å²) < 4.78 is 0. The van der Waals surface area contributed by atoms with Gasteiger partial charge >= 0.3 is 0 Å². The molecule has 0 aromatic heterocycles. The van der Waals surface area contributed by atoms with Crippen LogP contribution < -0.4 is 0 Å². The molecule has 1 aromatic rings. The zero-order valence-electron chi connectivity index (χ0n) is 19.2. The number of Topliss-reactive ketones (excluding diaryl/α,β-unsaturated/α-hetero) is 1. The molecule has 0 bridgehead atoms. The molecule has 0 unspecified atom stereocenters. The summed E-state index contributed by atoms with van der Waals surface area (Å²) in [6.45, 7) is 20.8. The van der Waals surface area contributed by atoms with E-state index in [0.717, 1.165) is 33.4 Å². The van der Waals surface area contributed by atoms with Crippen molar-refractivity contribution < 1.29 is 9.90 Å². The van der Waals surface area contributed by atoms with Gasteiger partial charge in [-0.25, -0.2) is 0 Å². The second-order valence-corrected chi connectivity index (χ2v) is 11.1. The topological polar surface area (TPSA) is 37.3 Å². The number of hydrogen-bond donors (Lipinski definition) is 1. The Morgan fingerprint density at radius 3 is 1.64 bits per heavy atom. The third kappa shape index (κ3) is 4.66. The van der Waals surface area contributed by atoms with Crippen LogP contribution in [0.25, 0.3) is 6.08 Å². The van der Waals surface area contributed by atoms with Gasteiger partial charge in [0.1, 0.15) is 5.75 Å². The van der Waals surface area contributed by atoms with Gasteiger partial charge in [-0.05, 0) is 70.2 Å². The molecule has 0 radical (unpaired) electrons. The highest BCUT2D eigenvalue weighted by Gasteiger charge is 2.28. The van der Waals surface area contributed by atoms with Gasteiger partial charge in [-0.15, -0.1) is 0 Å². The van der Waals surface area contributed by atoms with Gasteiger partial charge in [0.05, 0.1) is 0 Å². The van der Waals surface area contributed by atoms with Gasteiger partial charge in [0.15, 0.2) is 5.78 Å². The zero-order valence-corrected chi connectivity index (χ0v) is 19.2.